The molecule has 1 aliphatic heterocycles. The summed E-state index contributed by atoms with van der Waals surface area (Å²) < 4.78 is 0. The van der Waals surface area contributed by atoms with Crippen molar-refractivity contribution in [2.75, 3.05) is 18.0 Å². The molecule has 1 N–H and O–H groups in total. The molecule has 1 aromatic heterocycles. The quantitative estimate of drug-likeness (QED) is 0.496. The number of aliphatic carboxylic acids is 1. The monoisotopic (exact) mass is 442 g/mol. The lowest BCUT2D eigenvalue weighted by atomic mass is 9.83. The summed E-state index contributed by atoms with van der Waals surface area (Å²) in [5.74, 6) is -0.874. The number of carboxylic acids is 1. The molecule has 0 amide bonds. The van der Waals surface area contributed by atoms with Gasteiger partial charge < -0.3 is 10.0 Å². The van der Waals surface area contributed by atoms with Crippen LogP contribution in [-0.2, 0) is 4.79 Å². The van der Waals surface area contributed by atoms with Gasteiger partial charge in [-0.25, -0.2) is 0 Å². The van der Waals surface area contributed by atoms with Gasteiger partial charge in [0.05, 0.1) is 5.92 Å². The van der Waals surface area contributed by atoms with Crippen LogP contribution in [0.1, 0.15) is 57.9 Å². The van der Waals surface area contributed by atoms with Crippen LogP contribution in [0, 0.1) is 19.8 Å². The minimum Gasteiger partial charge on any atom is -0.481 e. The van der Waals surface area contributed by atoms with Gasteiger partial charge in [0, 0.05) is 48.6 Å². The number of pyridine rings is 1. The SMILES string of the molecule is Cc1cc(C(=O)C[C@@H](c2ccc(N3CCC(C(=O)O)CC3)cc2)c2ccccc2C)ccn1. The van der Waals surface area contributed by atoms with Crippen molar-refractivity contribution in [3.8, 4) is 0 Å². The van der Waals surface area contributed by atoms with E-state index in [1.807, 2.05) is 25.1 Å². The van der Waals surface area contributed by atoms with Crippen molar-refractivity contribution in [3.63, 3.8) is 0 Å². The van der Waals surface area contributed by atoms with E-state index < -0.39 is 5.97 Å². The summed E-state index contributed by atoms with van der Waals surface area (Å²) in [7, 11) is 0. The Morgan fingerprint density at radius 1 is 1.03 bits per heavy atom. The Labute approximate surface area is 195 Å². The Morgan fingerprint density at radius 2 is 1.73 bits per heavy atom. The van der Waals surface area contributed by atoms with Crippen molar-refractivity contribution in [2.45, 2.75) is 39.0 Å². The molecule has 2 aromatic carbocycles. The molecule has 5 nitrogen and oxygen atoms in total. The van der Waals surface area contributed by atoms with E-state index in [4.69, 9.17) is 0 Å². The zero-order chi connectivity index (χ0) is 23.4. The van der Waals surface area contributed by atoms with E-state index in [1.54, 1.807) is 12.3 Å². The molecule has 1 atom stereocenters. The van der Waals surface area contributed by atoms with Gasteiger partial charge in [-0.05, 0) is 67.6 Å². The number of benzene rings is 2. The van der Waals surface area contributed by atoms with Crippen LogP contribution in [-0.4, -0.2) is 34.9 Å². The molecule has 5 heteroatoms. The fourth-order valence-electron chi connectivity index (χ4n) is 4.71. The number of carboxylic acid groups (broad SMARTS) is 1. The second-order valence-electron chi connectivity index (χ2n) is 8.91. The highest BCUT2D eigenvalue weighted by Crippen LogP contribution is 2.33. The molecule has 0 unspecified atom stereocenters. The summed E-state index contributed by atoms with van der Waals surface area (Å²) in [6.45, 7) is 5.48. The number of Topliss-reactive ketones (excluding diaryl/α,β-unsaturated/α-hetero) is 1. The number of hydrogen-bond acceptors (Lipinski definition) is 4. The zero-order valence-electron chi connectivity index (χ0n) is 19.2. The second kappa shape index (κ2) is 9.99. The number of aryl methyl sites for hydroxylation is 2. The molecule has 1 fully saturated rings. The van der Waals surface area contributed by atoms with E-state index in [0.29, 0.717) is 24.8 Å². The van der Waals surface area contributed by atoms with Crippen molar-refractivity contribution in [3.05, 3.63) is 94.8 Å². The van der Waals surface area contributed by atoms with Crippen LogP contribution in [0.3, 0.4) is 0 Å². The first-order chi connectivity index (χ1) is 15.9. The number of rotatable bonds is 7. The number of ketones is 1. The Hall–Kier alpha value is -3.47. The van der Waals surface area contributed by atoms with Crippen LogP contribution < -0.4 is 4.90 Å². The summed E-state index contributed by atoms with van der Waals surface area (Å²) in [6.07, 6.45) is 3.41. The fourth-order valence-corrected chi connectivity index (χ4v) is 4.71. The molecule has 1 saturated heterocycles. The Bertz CT molecular complexity index is 1130. The average molecular weight is 443 g/mol. The van der Waals surface area contributed by atoms with Gasteiger partial charge in [-0.2, -0.15) is 0 Å². The molecule has 0 saturated carbocycles. The number of piperidine rings is 1. The minimum atomic E-state index is -0.694. The maximum atomic E-state index is 13.2. The lowest BCUT2D eigenvalue weighted by molar-refractivity contribution is -0.142. The first kappa shape index (κ1) is 22.7. The predicted octanol–water partition coefficient (Wildman–Crippen LogP) is 5.40. The first-order valence-electron chi connectivity index (χ1n) is 11.5. The van der Waals surface area contributed by atoms with Crippen LogP contribution in [0.2, 0.25) is 0 Å². The van der Waals surface area contributed by atoms with Crippen LogP contribution in [0.25, 0.3) is 0 Å². The van der Waals surface area contributed by atoms with Crippen molar-refractivity contribution < 1.29 is 14.7 Å². The van der Waals surface area contributed by atoms with Crippen LogP contribution >= 0.6 is 0 Å². The first-order valence-corrected chi connectivity index (χ1v) is 11.5. The highest BCUT2D eigenvalue weighted by Gasteiger charge is 2.25. The van der Waals surface area contributed by atoms with Crippen molar-refractivity contribution >= 4 is 17.4 Å². The lowest BCUT2D eigenvalue weighted by Crippen LogP contribution is -2.36. The molecule has 0 aliphatic carbocycles. The molecule has 1 aliphatic rings. The molecular formula is C28H30N2O3. The van der Waals surface area contributed by atoms with Crippen molar-refractivity contribution in [1.82, 2.24) is 4.98 Å². The van der Waals surface area contributed by atoms with E-state index >= 15 is 0 Å². The summed E-state index contributed by atoms with van der Waals surface area (Å²) >= 11 is 0. The third-order valence-electron chi connectivity index (χ3n) is 6.68. The third kappa shape index (κ3) is 5.30. The number of nitrogens with zero attached hydrogens (tertiary/aromatic N) is 2. The number of anilines is 1. The summed E-state index contributed by atoms with van der Waals surface area (Å²) in [5.41, 5.74) is 6.06. The van der Waals surface area contributed by atoms with Crippen LogP contribution in [0.5, 0.6) is 0 Å². The van der Waals surface area contributed by atoms with Crippen molar-refractivity contribution in [1.29, 1.82) is 0 Å². The molecule has 2 heterocycles. The number of aromatic nitrogens is 1. The Kier molecular flexibility index (Phi) is 6.87. The maximum absolute atomic E-state index is 13.2. The van der Waals surface area contributed by atoms with Crippen LogP contribution in [0.15, 0.2) is 66.9 Å². The van der Waals surface area contributed by atoms with Gasteiger partial charge >= 0.3 is 5.97 Å². The molecule has 0 radical (unpaired) electrons. The molecule has 4 rings (SSSR count). The van der Waals surface area contributed by atoms with Gasteiger partial charge in [0.25, 0.3) is 0 Å². The third-order valence-corrected chi connectivity index (χ3v) is 6.68. The van der Waals surface area contributed by atoms with E-state index in [0.717, 1.165) is 35.6 Å². The second-order valence-corrected chi connectivity index (χ2v) is 8.91. The van der Waals surface area contributed by atoms with Gasteiger partial charge in [-0.15, -0.1) is 0 Å². The summed E-state index contributed by atoms with van der Waals surface area (Å²) in [6, 6.07) is 20.3. The molecule has 3 aromatic rings. The number of carbonyl (C=O) groups is 2. The fraction of sp³-hybridized carbons (Fsp3) is 0.321. The molecule has 170 valence electrons. The number of carbonyl (C=O) groups excluding carboxylic acids is 1. The topological polar surface area (TPSA) is 70.5 Å². The summed E-state index contributed by atoms with van der Waals surface area (Å²) in [4.78, 5) is 30.9. The summed E-state index contributed by atoms with van der Waals surface area (Å²) in [5, 5.41) is 9.24. The molecule has 0 spiro atoms. The smallest absolute Gasteiger partial charge is 0.306 e. The van der Waals surface area contributed by atoms with E-state index in [9.17, 15) is 14.7 Å². The molecule has 0 bridgehead atoms. The maximum Gasteiger partial charge on any atom is 0.306 e. The Balaban J connectivity index is 1.58. The normalized spacial score (nSPS) is 15.3. The lowest BCUT2D eigenvalue weighted by Gasteiger charge is -2.32. The van der Waals surface area contributed by atoms with Crippen LogP contribution in [0.4, 0.5) is 5.69 Å². The largest absolute Gasteiger partial charge is 0.481 e. The highest BCUT2D eigenvalue weighted by atomic mass is 16.4. The Morgan fingerprint density at radius 3 is 2.36 bits per heavy atom. The van der Waals surface area contributed by atoms with Gasteiger partial charge in [0.1, 0.15) is 0 Å². The van der Waals surface area contributed by atoms with Gasteiger partial charge in [0.2, 0.25) is 0 Å². The molecular weight excluding hydrogens is 412 g/mol. The zero-order valence-corrected chi connectivity index (χ0v) is 19.2. The van der Waals surface area contributed by atoms with Gasteiger partial charge in [-0.1, -0.05) is 36.4 Å². The standard InChI is InChI=1S/C28H30N2O3/c1-19-5-3-4-6-25(19)26(18-27(31)23-11-14-29-20(2)17-23)21-7-9-24(10-8-21)30-15-12-22(13-16-30)28(32)33/h3-11,14,17,22,26H,12-13,15-16,18H2,1-2H3,(H,32,33)/t26-/m0/s1. The highest BCUT2D eigenvalue weighted by molar-refractivity contribution is 5.96. The van der Waals surface area contributed by atoms with Crippen molar-refractivity contribution in [2.24, 2.45) is 5.92 Å². The molecule has 33 heavy (non-hydrogen) atoms. The van der Waals surface area contributed by atoms with E-state index in [-0.39, 0.29) is 17.6 Å². The predicted molar refractivity (Wildman–Crippen MR) is 130 cm³/mol. The van der Waals surface area contributed by atoms with E-state index in [2.05, 4.69) is 53.2 Å². The average Bonchev–Trinajstić information content (AvgIpc) is 2.83. The minimum absolute atomic E-state index is 0.0426. The van der Waals surface area contributed by atoms with E-state index in [1.165, 1.54) is 5.56 Å². The van der Waals surface area contributed by atoms with Gasteiger partial charge in [0.15, 0.2) is 5.78 Å². The van der Waals surface area contributed by atoms with Gasteiger partial charge in [-0.3, -0.25) is 14.6 Å². The number of hydrogen-bond donors (Lipinski definition) is 1.